The molecule has 0 radical (unpaired) electrons. The standard InChI is InChI=1S/C17H18F3NO/c1-16(10-11-21,13-6-3-2-4-7-13)22-15-9-5-8-14(12-15)17(18,19)20/h2-9,12H,10-11,21H2,1H3. The number of alkyl halides is 3. The van der Waals surface area contributed by atoms with E-state index in [0.717, 1.165) is 17.7 Å². The number of ether oxygens (including phenoxy) is 1. The van der Waals surface area contributed by atoms with Crippen LogP contribution in [0.15, 0.2) is 54.6 Å². The highest BCUT2D eigenvalue weighted by atomic mass is 19.4. The van der Waals surface area contributed by atoms with Gasteiger partial charge in [-0.2, -0.15) is 13.2 Å². The van der Waals surface area contributed by atoms with Crippen molar-refractivity contribution in [2.45, 2.75) is 25.1 Å². The van der Waals surface area contributed by atoms with Crippen molar-refractivity contribution in [1.82, 2.24) is 0 Å². The van der Waals surface area contributed by atoms with Gasteiger partial charge in [0, 0.05) is 6.42 Å². The molecule has 0 heterocycles. The summed E-state index contributed by atoms with van der Waals surface area (Å²) >= 11 is 0. The Hall–Kier alpha value is -2.01. The van der Waals surface area contributed by atoms with Gasteiger partial charge in [0.15, 0.2) is 0 Å². The van der Waals surface area contributed by atoms with Gasteiger partial charge in [0.2, 0.25) is 0 Å². The fourth-order valence-electron chi connectivity index (χ4n) is 2.32. The summed E-state index contributed by atoms with van der Waals surface area (Å²) in [7, 11) is 0. The van der Waals surface area contributed by atoms with Gasteiger partial charge >= 0.3 is 6.18 Å². The lowest BCUT2D eigenvalue weighted by atomic mass is 9.92. The van der Waals surface area contributed by atoms with E-state index < -0.39 is 17.3 Å². The first-order chi connectivity index (χ1) is 10.3. The molecule has 2 aromatic rings. The number of halogens is 3. The van der Waals surface area contributed by atoms with Crippen molar-refractivity contribution in [2.24, 2.45) is 5.73 Å². The van der Waals surface area contributed by atoms with E-state index in [1.165, 1.54) is 12.1 Å². The van der Waals surface area contributed by atoms with E-state index in [9.17, 15) is 13.2 Å². The van der Waals surface area contributed by atoms with Gasteiger partial charge in [-0.05, 0) is 37.2 Å². The fourth-order valence-corrected chi connectivity index (χ4v) is 2.32. The summed E-state index contributed by atoms with van der Waals surface area (Å²) < 4.78 is 44.3. The van der Waals surface area contributed by atoms with E-state index in [-0.39, 0.29) is 5.75 Å². The number of hydrogen-bond donors (Lipinski definition) is 1. The maximum absolute atomic E-state index is 12.8. The summed E-state index contributed by atoms with van der Waals surface area (Å²) in [4.78, 5) is 0. The zero-order valence-electron chi connectivity index (χ0n) is 12.2. The molecule has 0 aliphatic carbocycles. The van der Waals surface area contributed by atoms with Gasteiger partial charge in [-0.3, -0.25) is 0 Å². The molecule has 2 aromatic carbocycles. The van der Waals surface area contributed by atoms with Crippen LogP contribution < -0.4 is 10.5 Å². The quantitative estimate of drug-likeness (QED) is 0.891. The van der Waals surface area contributed by atoms with Gasteiger partial charge in [0.1, 0.15) is 11.4 Å². The van der Waals surface area contributed by atoms with Crippen LogP contribution in [-0.2, 0) is 11.8 Å². The summed E-state index contributed by atoms with van der Waals surface area (Å²) in [6, 6.07) is 14.2. The Balaban J connectivity index is 2.33. The monoisotopic (exact) mass is 309 g/mol. The van der Waals surface area contributed by atoms with Crippen molar-refractivity contribution in [1.29, 1.82) is 0 Å². The van der Waals surface area contributed by atoms with Crippen molar-refractivity contribution in [3.8, 4) is 5.75 Å². The van der Waals surface area contributed by atoms with E-state index in [1.54, 1.807) is 0 Å². The maximum Gasteiger partial charge on any atom is 0.416 e. The molecule has 0 amide bonds. The highest BCUT2D eigenvalue weighted by Gasteiger charge is 2.32. The van der Waals surface area contributed by atoms with E-state index in [1.807, 2.05) is 37.3 Å². The van der Waals surface area contributed by atoms with Crippen LogP contribution in [0.2, 0.25) is 0 Å². The van der Waals surface area contributed by atoms with Gasteiger partial charge in [0.25, 0.3) is 0 Å². The van der Waals surface area contributed by atoms with Gasteiger partial charge in [-0.25, -0.2) is 0 Å². The molecule has 0 aliphatic heterocycles. The summed E-state index contributed by atoms with van der Waals surface area (Å²) in [6.07, 6.45) is -3.90. The molecule has 1 unspecified atom stereocenters. The number of rotatable bonds is 5. The molecule has 2 N–H and O–H groups in total. The van der Waals surface area contributed by atoms with Crippen LogP contribution in [0.3, 0.4) is 0 Å². The lowest BCUT2D eigenvalue weighted by Gasteiger charge is -2.31. The van der Waals surface area contributed by atoms with Crippen LogP contribution in [0, 0.1) is 0 Å². The van der Waals surface area contributed by atoms with Crippen LogP contribution in [0.1, 0.15) is 24.5 Å². The average molecular weight is 309 g/mol. The molecule has 0 saturated carbocycles. The summed E-state index contributed by atoms with van der Waals surface area (Å²) in [5.41, 5.74) is 5.01. The predicted molar refractivity (Wildman–Crippen MR) is 79.5 cm³/mol. The topological polar surface area (TPSA) is 35.2 Å². The second-order valence-electron chi connectivity index (χ2n) is 5.26. The fraction of sp³-hybridized carbons (Fsp3) is 0.294. The molecule has 1 atom stereocenters. The van der Waals surface area contributed by atoms with E-state index in [4.69, 9.17) is 10.5 Å². The molecule has 0 saturated heterocycles. The van der Waals surface area contributed by atoms with Crippen LogP contribution in [0.25, 0.3) is 0 Å². The molecule has 0 aromatic heterocycles. The highest BCUT2D eigenvalue weighted by Crippen LogP contribution is 2.35. The van der Waals surface area contributed by atoms with Crippen molar-refractivity contribution < 1.29 is 17.9 Å². The Morgan fingerprint density at radius 3 is 2.18 bits per heavy atom. The highest BCUT2D eigenvalue weighted by molar-refractivity contribution is 5.32. The van der Waals surface area contributed by atoms with E-state index in [2.05, 4.69) is 0 Å². The van der Waals surface area contributed by atoms with Gasteiger partial charge in [0.05, 0.1) is 5.56 Å². The third kappa shape index (κ3) is 3.80. The molecule has 2 nitrogen and oxygen atoms in total. The molecule has 118 valence electrons. The first-order valence-electron chi connectivity index (χ1n) is 6.97. The molecule has 0 fully saturated rings. The molecule has 2 rings (SSSR count). The molecule has 0 aliphatic rings. The summed E-state index contributed by atoms with van der Waals surface area (Å²) in [6.45, 7) is 2.19. The first kappa shape index (κ1) is 16.4. The van der Waals surface area contributed by atoms with Crippen LogP contribution >= 0.6 is 0 Å². The van der Waals surface area contributed by atoms with Gasteiger partial charge in [-0.1, -0.05) is 36.4 Å². The van der Waals surface area contributed by atoms with E-state index >= 15 is 0 Å². The largest absolute Gasteiger partial charge is 0.483 e. The molecular formula is C17H18F3NO. The Bertz CT molecular complexity index is 613. The lowest BCUT2D eigenvalue weighted by molar-refractivity contribution is -0.137. The second kappa shape index (κ2) is 6.40. The molecule has 0 spiro atoms. The Kier molecular flexibility index (Phi) is 4.76. The smallest absolute Gasteiger partial charge is 0.416 e. The van der Waals surface area contributed by atoms with Crippen LogP contribution in [0.4, 0.5) is 13.2 Å². The normalized spacial score (nSPS) is 14.4. The second-order valence-corrected chi connectivity index (χ2v) is 5.26. The minimum absolute atomic E-state index is 0.176. The Morgan fingerprint density at radius 1 is 0.955 bits per heavy atom. The SMILES string of the molecule is CC(CCN)(Oc1cccc(C(F)(F)F)c1)c1ccccc1. The van der Waals surface area contributed by atoms with Crippen molar-refractivity contribution in [3.63, 3.8) is 0 Å². The van der Waals surface area contributed by atoms with Gasteiger partial charge < -0.3 is 10.5 Å². The lowest BCUT2D eigenvalue weighted by Crippen LogP contribution is -2.32. The van der Waals surface area contributed by atoms with Crippen molar-refractivity contribution in [3.05, 3.63) is 65.7 Å². The average Bonchev–Trinajstić information content (AvgIpc) is 2.48. The summed E-state index contributed by atoms with van der Waals surface area (Å²) in [5, 5.41) is 0. The Labute approximate surface area is 127 Å². The minimum Gasteiger partial charge on any atom is -0.483 e. The molecule has 5 heteroatoms. The summed E-state index contributed by atoms with van der Waals surface area (Å²) in [5.74, 6) is 0.176. The minimum atomic E-state index is -4.39. The van der Waals surface area contributed by atoms with Crippen LogP contribution in [0.5, 0.6) is 5.75 Å². The predicted octanol–water partition coefficient (Wildman–Crippen LogP) is 4.35. The van der Waals surface area contributed by atoms with Crippen molar-refractivity contribution in [2.75, 3.05) is 6.54 Å². The van der Waals surface area contributed by atoms with Crippen LogP contribution in [-0.4, -0.2) is 6.54 Å². The molecule has 0 bridgehead atoms. The molecule has 22 heavy (non-hydrogen) atoms. The first-order valence-corrected chi connectivity index (χ1v) is 6.97. The zero-order valence-corrected chi connectivity index (χ0v) is 12.2. The maximum atomic E-state index is 12.8. The Morgan fingerprint density at radius 2 is 1.59 bits per heavy atom. The van der Waals surface area contributed by atoms with E-state index in [0.29, 0.717) is 13.0 Å². The third-order valence-electron chi connectivity index (χ3n) is 3.51. The van der Waals surface area contributed by atoms with Crippen molar-refractivity contribution >= 4 is 0 Å². The number of hydrogen-bond acceptors (Lipinski definition) is 2. The molecular weight excluding hydrogens is 291 g/mol. The van der Waals surface area contributed by atoms with Gasteiger partial charge in [-0.15, -0.1) is 0 Å². The number of benzene rings is 2. The third-order valence-corrected chi connectivity index (χ3v) is 3.51. The zero-order chi connectivity index (χ0) is 16.2. The number of nitrogens with two attached hydrogens (primary N) is 1.